The molecule has 2 atom stereocenters. The minimum absolute atomic E-state index is 0.0209. The summed E-state index contributed by atoms with van der Waals surface area (Å²) in [6.45, 7) is 0.162. The van der Waals surface area contributed by atoms with Crippen molar-refractivity contribution in [2.45, 2.75) is 31.7 Å². The Morgan fingerprint density at radius 3 is 3.00 bits per heavy atom. The van der Waals surface area contributed by atoms with Crippen LogP contribution in [0.2, 0.25) is 0 Å². The first kappa shape index (κ1) is 10.4. The summed E-state index contributed by atoms with van der Waals surface area (Å²) in [4.78, 5) is 10.2. The zero-order valence-electron chi connectivity index (χ0n) is 7.44. The molecular weight excluding hydrogens is 174 g/mol. The van der Waals surface area contributed by atoms with Crippen molar-refractivity contribution in [3.8, 4) is 0 Å². The van der Waals surface area contributed by atoms with Gasteiger partial charge < -0.3 is 20.3 Å². The first-order chi connectivity index (χ1) is 6.22. The van der Waals surface area contributed by atoms with Crippen molar-refractivity contribution in [3.05, 3.63) is 0 Å². The van der Waals surface area contributed by atoms with Crippen molar-refractivity contribution in [3.63, 3.8) is 0 Å². The highest BCUT2D eigenvalue weighted by Gasteiger charge is 2.22. The summed E-state index contributed by atoms with van der Waals surface area (Å²) in [5, 5.41) is 8.36. The maximum atomic E-state index is 10.2. The van der Waals surface area contributed by atoms with Gasteiger partial charge in [-0.1, -0.05) is 0 Å². The molecule has 76 valence electrons. The zero-order chi connectivity index (χ0) is 9.68. The zero-order valence-corrected chi connectivity index (χ0v) is 7.44. The number of carbonyl (C=O) groups is 1. The molecule has 1 saturated heterocycles. The van der Waals surface area contributed by atoms with Crippen molar-refractivity contribution in [2.75, 3.05) is 13.2 Å². The third-order valence-electron chi connectivity index (χ3n) is 1.97. The number of rotatable bonds is 4. The summed E-state index contributed by atoms with van der Waals surface area (Å²) in [6.07, 6.45) is 2.30. The Kier molecular flexibility index (Phi) is 4.14. The Morgan fingerprint density at radius 1 is 1.62 bits per heavy atom. The van der Waals surface area contributed by atoms with E-state index >= 15 is 0 Å². The van der Waals surface area contributed by atoms with Gasteiger partial charge in [0, 0.05) is 6.54 Å². The van der Waals surface area contributed by atoms with Gasteiger partial charge in [0.25, 0.3) is 0 Å². The highest BCUT2D eigenvalue weighted by atomic mass is 16.7. The molecule has 13 heavy (non-hydrogen) atoms. The lowest BCUT2D eigenvalue weighted by Crippen LogP contribution is -2.35. The van der Waals surface area contributed by atoms with Crippen LogP contribution in [-0.4, -0.2) is 36.6 Å². The predicted molar refractivity (Wildman–Crippen MR) is 45.2 cm³/mol. The molecule has 0 saturated carbocycles. The average molecular weight is 189 g/mol. The summed E-state index contributed by atoms with van der Waals surface area (Å²) in [5.41, 5.74) is 5.42. The molecule has 0 bridgehead atoms. The quantitative estimate of drug-likeness (QED) is 0.647. The topological polar surface area (TPSA) is 81.8 Å². The molecular formula is C8H15NO4. The molecule has 0 aromatic heterocycles. The van der Waals surface area contributed by atoms with Gasteiger partial charge in [0.1, 0.15) is 6.61 Å². The van der Waals surface area contributed by atoms with Gasteiger partial charge >= 0.3 is 5.97 Å². The molecule has 1 heterocycles. The molecule has 1 aliphatic rings. The van der Waals surface area contributed by atoms with E-state index < -0.39 is 12.3 Å². The largest absolute Gasteiger partial charge is 0.480 e. The SMILES string of the molecule is NCC1CCCC(OCC(=O)O)O1. The van der Waals surface area contributed by atoms with Gasteiger partial charge in [-0.3, -0.25) is 0 Å². The van der Waals surface area contributed by atoms with Crippen LogP contribution in [0.1, 0.15) is 19.3 Å². The molecule has 0 spiro atoms. The molecule has 0 aromatic rings. The first-order valence-electron chi connectivity index (χ1n) is 4.41. The summed E-state index contributed by atoms with van der Waals surface area (Å²) in [6, 6.07) is 0. The molecule has 1 fully saturated rings. The second-order valence-corrected chi connectivity index (χ2v) is 3.06. The summed E-state index contributed by atoms with van der Waals surface area (Å²) < 4.78 is 10.4. The summed E-state index contributed by atoms with van der Waals surface area (Å²) in [5.74, 6) is -0.974. The monoisotopic (exact) mass is 189 g/mol. The van der Waals surface area contributed by atoms with Gasteiger partial charge in [-0.25, -0.2) is 4.79 Å². The predicted octanol–water partition coefficient (Wildman–Crippen LogP) is -0.0585. The molecule has 0 amide bonds. The van der Waals surface area contributed by atoms with E-state index in [4.69, 9.17) is 20.3 Å². The molecule has 1 rings (SSSR count). The lowest BCUT2D eigenvalue weighted by atomic mass is 10.1. The van der Waals surface area contributed by atoms with Crippen molar-refractivity contribution in [1.29, 1.82) is 0 Å². The van der Waals surface area contributed by atoms with E-state index in [0.717, 1.165) is 19.3 Å². The third kappa shape index (κ3) is 3.71. The minimum Gasteiger partial charge on any atom is -0.480 e. The number of hydrogen-bond donors (Lipinski definition) is 2. The van der Waals surface area contributed by atoms with E-state index in [1.807, 2.05) is 0 Å². The highest BCUT2D eigenvalue weighted by molar-refractivity contribution is 5.67. The first-order valence-corrected chi connectivity index (χ1v) is 4.41. The van der Waals surface area contributed by atoms with Gasteiger partial charge in [0.2, 0.25) is 0 Å². The van der Waals surface area contributed by atoms with Crippen molar-refractivity contribution in [2.24, 2.45) is 5.73 Å². The van der Waals surface area contributed by atoms with Gasteiger partial charge in [0.15, 0.2) is 6.29 Å². The number of nitrogens with two attached hydrogens (primary N) is 1. The van der Waals surface area contributed by atoms with Crippen molar-refractivity contribution >= 4 is 5.97 Å². The molecule has 0 radical (unpaired) electrons. The van der Waals surface area contributed by atoms with Crippen LogP contribution in [0.15, 0.2) is 0 Å². The fourth-order valence-electron chi connectivity index (χ4n) is 1.32. The number of ether oxygens (including phenoxy) is 2. The number of carboxylic acid groups (broad SMARTS) is 1. The third-order valence-corrected chi connectivity index (χ3v) is 1.97. The van der Waals surface area contributed by atoms with Crippen LogP contribution in [0.3, 0.4) is 0 Å². The second kappa shape index (κ2) is 5.16. The molecule has 0 aromatic carbocycles. The van der Waals surface area contributed by atoms with Gasteiger partial charge in [-0.15, -0.1) is 0 Å². The summed E-state index contributed by atoms with van der Waals surface area (Å²) in [7, 11) is 0. The Hall–Kier alpha value is -0.650. The van der Waals surface area contributed by atoms with E-state index in [-0.39, 0.29) is 12.7 Å². The maximum absolute atomic E-state index is 10.2. The molecule has 3 N–H and O–H groups in total. The molecule has 5 heteroatoms. The van der Waals surface area contributed by atoms with Gasteiger partial charge in [-0.2, -0.15) is 0 Å². The summed E-state index contributed by atoms with van der Waals surface area (Å²) >= 11 is 0. The highest BCUT2D eigenvalue weighted by Crippen LogP contribution is 2.18. The van der Waals surface area contributed by atoms with Crippen LogP contribution in [0.4, 0.5) is 0 Å². The van der Waals surface area contributed by atoms with Gasteiger partial charge in [0.05, 0.1) is 6.10 Å². The number of aliphatic carboxylic acids is 1. The van der Waals surface area contributed by atoms with Crippen LogP contribution in [0, 0.1) is 0 Å². The fourth-order valence-corrected chi connectivity index (χ4v) is 1.32. The van der Waals surface area contributed by atoms with E-state index in [1.165, 1.54) is 0 Å². The Labute approximate surface area is 76.8 Å². The number of carboxylic acids is 1. The molecule has 2 unspecified atom stereocenters. The van der Waals surface area contributed by atoms with Crippen LogP contribution in [-0.2, 0) is 14.3 Å². The van der Waals surface area contributed by atoms with Crippen molar-refractivity contribution in [1.82, 2.24) is 0 Å². The van der Waals surface area contributed by atoms with E-state index in [2.05, 4.69) is 0 Å². The smallest absolute Gasteiger partial charge is 0.329 e. The maximum Gasteiger partial charge on any atom is 0.329 e. The standard InChI is InChI=1S/C8H15NO4/c9-4-6-2-1-3-8(13-6)12-5-7(10)11/h6,8H,1-5,9H2,(H,10,11). The molecule has 5 nitrogen and oxygen atoms in total. The number of hydrogen-bond acceptors (Lipinski definition) is 4. The second-order valence-electron chi connectivity index (χ2n) is 3.06. The van der Waals surface area contributed by atoms with Gasteiger partial charge in [-0.05, 0) is 19.3 Å². The Morgan fingerprint density at radius 2 is 2.38 bits per heavy atom. The normalized spacial score (nSPS) is 28.7. The van der Waals surface area contributed by atoms with E-state index in [1.54, 1.807) is 0 Å². The van der Waals surface area contributed by atoms with Crippen LogP contribution in [0.25, 0.3) is 0 Å². The fraction of sp³-hybridized carbons (Fsp3) is 0.875. The average Bonchev–Trinajstić information content (AvgIpc) is 2.15. The minimum atomic E-state index is -0.974. The lowest BCUT2D eigenvalue weighted by molar-refractivity contribution is -0.198. The van der Waals surface area contributed by atoms with Crippen LogP contribution >= 0.6 is 0 Å². The Balaban J connectivity index is 2.21. The molecule has 0 aliphatic carbocycles. The van der Waals surface area contributed by atoms with Crippen molar-refractivity contribution < 1.29 is 19.4 Å². The lowest BCUT2D eigenvalue weighted by Gasteiger charge is -2.28. The molecule has 1 aliphatic heterocycles. The van der Waals surface area contributed by atoms with Crippen LogP contribution < -0.4 is 5.73 Å². The van der Waals surface area contributed by atoms with Crippen LogP contribution in [0.5, 0.6) is 0 Å². The van der Waals surface area contributed by atoms with E-state index in [0.29, 0.717) is 6.54 Å². The van der Waals surface area contributed by atoms with E-state index in [9.17, 15) is 4.79 Å². The Bertz CT molecular complexity index is 174.